The number of nitrogens with zero attached hydrogens (tertiary/aromatic N) is 1. The van der Waals surface area contributed by atoms with Crippen LogP contribution in [0.5, 0.6) is 0 Å². The predicted molar refractivity (Wildman–Crippen MR) is 57.1 cm³/mol. The molecule has 2 rings (SSSR count). The standard InChI is InChI=1S/C12H16FNO/c1-9-3-4-10(7-11(9)13)12(15)5-6-14(2)8-12/h3-4,7,15H,5-6,8H2,1-2H3. The van der Waals surface area contributed by atoms with Gasteiger partial charge in [0.05, 0.1) is 0 Å². The summed E-state index contributed by atoms with van der Waals surface area (Å²) in [5, 5.41) is 10.3. The highest BCUT2D eigenvalue weighted by Gasteiger charge is 2.36. The minimum atomic E-state index is -0.872. The highest BCUT2D eigenvalue weighted by Crippen LogP contribution is 2.31. The third-order valence-corrected chi connectivity index (χ3v) is 3.15. The van der Waals surface area contributed by atoms with Gasteiger partial charge in [0.1, 0.15) is 11.4 Å². The van der Waals surface area contributed by atoms with Gasteiger partial charge < -0.3 is 10.0 Å². The lowest BCUT2D eigenvalue weighted by Crippen LogP contribution is -2.29. The van der Waals surface area contributed by atoms with Crippen molar-refractivity contribution in [3.05, 3.63) is 35.1 Å². The number of β-amino-alcohol motifs (C(OH)–C–C–N with tert-alkyl or cyclic N) is 1. The molecule has 0 radical (unpaired) electrons. The Morgan fingerprint density at radius 2 is 2.20 bits per heavy atom. The van der Waals surface area contributed by atoms with Gasteiger partial charge in [-0.1, -0.05) is 12.1 Å². The lowest BCUT2D eigenvalue weighted by molar-refractivity contribution is 0.0485. The normalized spacial score (nSPS) is 27.2. The first kappa shape index (κ1) is 10.6. The zero-order valence-corrected chi connectivity index (χ0v) is 9.13. The van der Waals surface area contributed by atoms with Gasteiger partial charge in [0.2, 0.25) is 0 Å². The van der Waals surface area contributed by atoms with Crippen LogP contribution in [0, 0.1) is 12.7 Å². The first-order chi connectivity index (χ1) is 7.01. The van der Waals surface area contributed by atoms with Gasteiger partial charge in [-0.3, -0.25) is 0 Å². The van der Waals surface area contributed by atoms with E-state index in [0.717, 1.165) is 6.54 Å². The summed E-state index contributed by atoms with van der Waals surface area (Å²) in [5.41, 5.74) is 0.437. The Morgan fingerprint density at radius 1 is 1.47 bits per heavy atom. The smallest absolute Gasteiger partial charge is 0.126 e. The molecule has 82 valence electrons. The fraction of sp³-hybridized carbons (Fsp3) is 0.500. The molecule has 1 heterocycles. The van der Waals surface area contributed by atoms with E-state index >= 15 is 0 Å². The van der Waals surface area contributed by atoms with Crippen LogP contribution in [0.2, 0.25) is 0 Å². The number of likely N-dealkylation sites (N-methyl/N-ethyl adjacent to an activating group) is 1. The van der Waals surface area contributed by atoms with Gasteiger partial charge in [0.25, 0.3) is 0 Å². The molecule has 1 saturated heterocycles. The van der Waals surface area contributed by atoms with Gasteiger partial charge in [-0.25, -0.2) is 4.39 Å². The molecule has 1 aromatic carbocycles. The molecule has 0 amide bonds. The summed E-state index contributed by atoms with van der Waals surface area (Å²) in [6.45, 7) is 3.16. The average molecular weight is 209 g/mol. The van der Waals surface area contributed by atoms with Gasteiger partial charge in [-0.05, 0) is 37.6 Å². The fourth-order valence-corrected chi connectivity index (χ4v) is 2.10. The van der Waals surface area contributed by atoms with Crippen LogP contribution in [0.25, 0.3) is 0 Å². The molecular weight excluding hydrogens is 193 g/mol. The molecule has 1 unspecified atom stereocenters. The number of aryl methyl sites for hydroxylation is 1. The zero-order chi connectivity index (χ0) is 11.1. The van der Waals surface area contributed by atoms with Crippen molar-refractivity contribution in [1.29, 1.82) is 0 Å². The fourth-order valence-electron chi connectivity index (χ4n) is 2.10. The number of hydrogen-bond acceptors (Lipinski definition) is 2. The first-order valence-electron chi connectivity index (χ1n) is 5.19. The van der Waals surface area contributed by atoms with E-state index in [1.165, 1.54) is 6.07 Å². The van der Waals surface area contributed by atoms with Crippen molar-refractivity contribution in [2.24, 2.45) is 0 Å². The number of likely N-dealkylation sites (tertiary alicyclic amines) is 1. The Kier molecular flexibility index (Phi) is 2.52. The van der Waals surface area contributed by atoms with Gasteiger partial charge >= 0.3 is 0 Å². The van der Waals surface area contributed by atoms with Crippen molar-refractivity contribution < 1.29 is 9.50 Å². The minimum Gasteiger partial charge on any atom is -0.384 e. The van der Waals surface area contributed by atoms with Gasteiger partial charge in [0.15, 0.2) is 0 Å². The molecule has 1 aromatic rings. The maximum atomic E-state index is 13.4. The van der Waals surface area contributed by atoms with Crippen molar-refractivity contribution in [1.82, 2.24) is 4.90 Å². The van der Waals surface area contributed by atoms with E-state index in [2.05, 4.69) is 4.90 Å². The molecule has 1 N–H and O–H groups in total. The van der Waals surface area contributed by atoms with Crippen LogP contribution in [0.3, 0.4) is 0 Å². The summed E-state index contributed by atoms with van der Waals surface area (Å²) in [6.07, 6.45) is 0.673. The summed E-state index contributed by atoms with van der Waals surface area (Å²) in [7, 11) is 1.96. The maximum absolute atomic E-state index is 13.4. The summed E-state index contributed by atoms with van der Waals surface area (Å²) in [5.74, 6) is -0.240. The van der Waals surface area contributed by atoms with E-state index in [1.807, 2.05) is 13.1 Å². The molecule has 0 bridgehead atoms. The monoisotopic (exact) mass is 209 g/mol. The van der Waals surface area contributed by atoms with Crippen LogP contribution in [-0.4, -0.2) is 30.1 Å². The molecule has 1 aliphatic heterocycles. The van der Waals surface area contributed by atoms with E-state index in [4.69, 9.17) is 0 Å². The first-order valence-corrected chi connectivity index (χ1v) is 5.19. The van der Waals surface area contributed by atoms with Crippen LogP contribution in [-0.2, 0) is 5.60 Å². The Hall–Kier alpha value is -0.930. The largest absolute Gasteiger partial charge is 0.384 e. The molecule has 15 heavy (non-hydrogen) atoms. The highest BCUT2D eigenvalue weighted by atomic mass is 19.1. The summed E-state index contributed by atoms with van der Waals surface area (Å²) in [6, 6.07) is 4.99. The van der Waals surface area contributed by atoms with Crippen LogP contribution in [0.15, 0.2) is 18.2 Å². The van der Waals surface area contributed by atoms with Crippen LogP contribution >= 0.6 is 0 Å². The zero-order valence-electron chi connectivity index (χ0n) is 9.13. The number of aliphatic hydroxyl groups is 1. The summed E-state index contributed by atoms with van der Waals surface area (Å²) in [4.78, 5) is 2.05. The van der Waals surface area contributed by atoms with Gasteiger partial charge in [0, 0.05) is 13.1 Å². The van der Waals surface area contributed by atoms with Crippen LogP contribution < -0.4 is 0 Å². The second-order valence-corrected chi connectivity index (χ2v) is 4.48. The molecule has 1 atom stereocenters. The van der Waals surface area contributed by atoms with Gasteiger partial charge in [-0.2, -0.15) is 0 Å². The van der Waals surface area contributed by atoms with E-state index in [1.54, 1.807) is 13.0 Å². The third kappa shape index (κ3) is 1.90. The van der Waals surface area contributed by atoms with Crippen molar-refractivity contribution >= 4 is 0 Å². The maximum Gasteiger partial charge on any atom is 0.126 e. The van der Waals surface area contributed by atoms with E-state index in [9.17, 15) is 9.50 Å². The minimum absolute atomic E-state index is 0.240. The molecular formula is C12H16FNO. The number of hydrogen-bond donors (Lipinski definition) is 1. The van der Waals surface area contributed by atoms with Crippen molar-refractivity contribution in [3.63, 3.8) is 0 Å². The Bertz CT molecular complexity index is 380. The topological polar surface area (TPSA) is 23.5 Å². The second kappa shape index (κ2) is 3.58. The van der Waals surface area contributed by atoms with Crippen molar-refractivity contribution in [2.75, 3.05) is 20.1 Å². The van der Waals surface area contributed by atoms with Crippen molar-refractivity contribution in [3.8, 4) is 0 Å². The average Bonchev–Trinajstić information content (AvgIpc) is 2.52. The summed E-state index contributed by atoms with van der Waals surface area (Å²) >= 11 is 0. The van der Waals surface area contributed by atoms with E-state index in [-0.39, 0.29) is 5.82 Å². The number of halogens is 1. The number of benzene rings is 1. The molecule has 0 saturated carbocycles. The van der Waals surface area contributed by atoms with Gasteiger partial charge in [-0.15, -0.1) is 0 Å². The third-order valence-electron chi connectivity index (χ3n) is 3.15. The lowest BCUT2D eigenvalue weighted by atomic mass is 9.92. The molecule has 3 heteroatoms. The Labute approximate surface area is 89.3 Å². The SMILES string of the molecule is Cc1ccc(C2(O)CCN(C)C2)cc1F. The van der Waals surface area contributed by atoms with E-state index in [0.29, 0.717) is 24.1 Å². The second-order valence-electron chi connectivity index (χ2n) is 4.48. The van der Waals surface area contributed by atoms with Crippen LogP contribution in [0.1, 0.15) is 17.5 Å². The molecule has 0 spiro atoms. The molecule has 0 aromatic heterocycles. The molecule has 2 nitrogen and oxygen atoms in total. The summed E-state index contributed by atoms with van der Waals surface area (Å²) < 4.78 is 13.4. The molecule has 1 aliphatic rings. The van der Waals surface area contributed by atoms with E-state index < -0.39 is 5.60 Å². The molecule has 1 fully saturated rings. The molecule has 0 aliphatic carbocycles. The van der Waals surface area contributed by atoms with Crippen LogP contribution in [0.4, 0.5) is 4.39 Å². The lowest BCUT2D eigenvalue weighted by Gasteiger charge is -2.23. The predicted octanol–water partition coefficient (Wildman–Crippen LogP) is 1.66. The highest BCUT2D eigenvalue weighted by molar-refractivity contribution is 5.29. The van der Waals surface area contributed by atoms with Crippen molar-refractivity contribution in [2.45, 2.75) is 18.9 Å². The Morgan fingerprint density at radius 3 is 2.73 bits per heavy atom. The Balaban J connectivity index is 2.33. The quantitative estimate of drug-likeness (QED) is 0.760. The number of rotatable bonds is 1.